The van der Waals surface area contributed by atoms with E-state index in [2.05, 4.69) is 15.5 Å². The van der Waals surface area contributed by atoms with Crippen molar-refractivity contribution in [1.82, 2.24) is 10.2 Å². The molecule has 2 aliphatic heterocycles. The first-order chi connectivity index (χ1) is 12.2. The zero-order valence-electron chi connectivity index (χ0n) is 14.5. The van der Waals surface area contributed by atoms with Crippen LogP contribution in [0.25, 0.3) is 0 Å². The van der Waals surface area contributed by atoms with E-state index in [0.29, 0.717) is 0 Å². The maximum Gasteiger partial charge on any atom is 0.303 e. The topological polar surface area (TPSA) is 165 Å². The number of carbonyl (C=O) groups is 3. The van der Waals surface area contributed by atoms with E-state index in [1.165, 1.54) is 18.7 Å². The molecule has 0 spiro atoms. The highest BCUT2D eigenvalue weighted by atomic mass is 16.6. The molecule has 0 aromatic heterocycles. The van der Waals surface area contributed by atoms with Crippen molar-refractivity contribution in [2.45, 2.75) is 45.0 Å². The first-order valence-electron chi connectivity index (χ1n) is 7.78. The van der Waals surface area contributed by atoms with Crippen molar-refractivity contribution in [3.63, 3.8) is 0 Å². The van der Waals surface area contributed by atoms with E-state index in [4.69, 9.17) is 25.2 Å². The van der Waals surface area contributed by atoms with Gasteiger partial charge in [-0.05, 0) is 0 Å². The van der Waals surface area contributed by atoms with Crippen molar-refractivity contribution >= 4 is 29.4 Å². The maximum absolute atomic E-state index is 11.9. The van der Waals surface area contributed by atoms with Crippen molar-refractivity contribution in [2.24, 2.45) is 15.9 Å². The summed E-state index contributed by atoms with van der Waals surface area (Å²) in [5, 5.41) is 14.3. The van der Waals surface area contributed by atoms with Gasteiger partial charge in [0.15, 0.2) is 18.2 Å². The van der Waals surface area contributed by atoms with Crippen LogP contribution in [0.3, 0.4) is 0 Å². The number of hydrogen-bond donors (Lipinski definition) is 3. The number of hydrogen-bond acceptors (Lipinski definition) is 11. The number of amides is 1. The minimum Gasteiger partial charge on any atom is -0.458 e. The number of ether oxygens (including phenoxy) is 3. The lowest BCUT2D eigenvalue weighted by atomic mass is 10.1. The molecule has 1 fully saturated rings. The standard InChI is InChI=1S/C14H21N5O7/c1-6(20)25-8-4-10(24-5-9(8)26-7(2)21)19(3)12-11(18-23)13(22)17-14(15)16-12/h8-10,14,23H,4-5,15H2,1-3H3,(H,17,22)/b18-11+. The van der Waals surface area contributed by atoms with Crippen LogP contribution in [0.4, 0.5) is 0 Å². The number of rotatable bonds is 3. The Labute approximate surface area is 148 Å². The molecule has 1 saturated heterocycles. The van der Waals surface area contributed by atoms with E-state index in [-0.39, 0.29) is 24.6 Å². The summed E-state index contributed by atoms with van der Waals surface area (Å²) in [5.74, 6) is -1.75. The highest BCUT2D eigenvalue weighted by Crippen LogP contribution is 2.23. The SMILES string of the molecule is CC(=O)OC1COC(N(C)C2=NC(N)NC(=O)/C2=N/O)CC1OC(C)=O. The number of oxime groups is 1. The van der Waals surface area contributed by atoms with Crippen LogP contribution in [-0.2, 0) is 28.6 Å². The van der Waals surface area contributed by atoms with Gasteiger partial charge in [0.2, 0.25) is 5.71 Å². The normalized spacial score (nSPS) is 30.2. The van der Waals surface area contributed by atoms with Crippen molar-refractivity contribution in [1.29, 1.82) is 0 Å². The van der Waals surface area contributed by atoms with Gasteiger partial charge >= 0.3 is 11.9 Å². The second kappa shape index (κ2) is 8.10. The van der Waals surface area contributed by atoms with Crippen LogP contribution in [-0.4, -0.2) is 77.9 Å². The van der Waals surface area contributed by atoms with Crippen LogP contribution in [0, 0.1) is 0 Å². The Kier molecular flexibility index (Phi) is 6.10. The summed E-state index contributed by atoms with van der Waals surface area (Å²) >= 11 is 0. The lowest BCUT2D eigenvalue weighted by molar-refractivity contribution is -0.196. The van der Waals surface area contributed by atoms with Crippen molar-refractivity contribution in [2.75, 3.05) is 13.7 Å². The fraction of sp³-hybridized carbons (Fsp3) is 0.643. The molecule has 0 radical (unpaired) electrons. The van der Waals surface area contributed by atoms with E-state index in [0.717, 1.165) is 0 Å². The number of nitrogens with two attached hydrogens (primary N) is 1. The summed E-state index contributed by atoms with van der Waals surface area (Å²) in [7, 11) is 1.55. The van der Waals surface area contributed by atoms with E-state index in [1.807, 2.05) is 0 Å². The molecule has 0 saturated carbocycles. The van der Waals surface area contributed by atoms with Gasteiger partial charge in [0.1, 0.15) is 12.3 Å². The first kappa shape index (κ1) is 19.6. The number of nitrogens with one attached hydrogen (secondary N) is 1. The summed E-state index contributed by atoms with van der Waals surface area (Å²) in [5.41, 5.74) is 5.29. The first-order valence-corrected chi connectivity index (χ1v) is 7.78. The molecule has 4 N–H and O–H groups in total. The van der Waals surface area contributed by atoms with E-state index in [9.17, 15) is 14.4 Å². The number of carbonyl (C=O) groups excluding carboxylic acids is 3. The zero-order valence-corrected chi connectivity index (χ0v) is 14.5. The molecule has 0 bridgehead atoms. The molecular weight excluding hydrogens is 350 g/mol. The van der Waals surface area contributed by atoms with Gasteiger partial charge in [0.05, 0.1) is 6.61 Å². The van der Waals surface area contributed by atoms with Crippen molar-refractivity contribution < 1.29 is 33.8 Å². The fourth-order valence-corrected chi connectivity index (χ4v) is 2.68. The quantitative estimate of drug-likeness (QED) is 0.293. The van der Waals surface area contributed by atoms with Gasteiger partial charge in [-0.3, -0.25) is 20.1 Å². The Hall–Kier alpha value is -2.73. The monoisotopic (exact) mass is 371 g/mol. The lowest BCUT2D eigenvalue weighted by Gasteiger charge is -2.40. The van der Waals surface area contributed by atoms with E-state index >= 15 is 0 Å². The summed E-state index contributed by atoms with van der Waals surface area (Å²) in [6.45, 7) is 2.44. The molecule has 12 heteroatoms. The fourth-order valence-electron chi connectivity index (χ4n) is 2.68. The van der Waals surface area contributed by atoms with Gasteiger partial charge < -0.3 is 29.6 Å². The Morgan fingerprint density at radius 1 is 1.35 bits per heavy atom. The summed E-state index contributed by atoms with van der Waals surface area (Å²) in [6.07, 6.45) is -3.08. The molecule has 2 heterocycles. The molecule has 12 nitrogen and oxygen atoms in total. The Morgan fingerprint density at radius 3 is 2.54 bits per heavy atom. The van der Waals surface area contributed by atoms with Crippen LogP contribution in [0.5, 0.6) is 0 Å². The molecule has 2 aliphatic rings. The van der Waals surface area contributed by atoms with Gasteiger partial charge in [-0.1, -0.05) is 5.16 Å². The largest absolute Gasteiger partial charge is 0.458 e. The third-order valence-electron chi connectivity index (χ3n) is 3.77. The Bertz CT molecular complexity index is 650. The molecule has 1 amide bonds. The maximum atomic E-state index is 11.9. The number of nitrogens with zero attached hydrogens (tertiary/aromatic N) is 3. The highest BCUT2D eigenvalue weighted by Gasteiger charge is 2.40. The third-order valence-corrected chi connectivity index (χ3v) is 3.77. The van der Waals surface area contributed by atoms with Gasteiger partial charge in [0.25, 0.3) is 5.91 Å². The predicted molar refractivity (Wildman–Crippen MR) is 86.0 cm³/mol. The van der Waals surface area contributed by atoms with Gasteiger partial charge in [-0.2, -0.15) is 0 Å². The number of aliphatic imine (C=N–C) groups is 1. The van der Waals surface area contributed by atoms with Crippen LogP contribution in [0.15, 0.2) is 10.1 Å². The summed E-state index contributed by atoms with van der Waals surface area (Å²) in [4.78, 5) is 39.9. The zero-order chi connectivity index (χ0) is 19.4. The smallest absolute Gasteiger partial charge is 0.303 e. The highest BCUT2D eigenvalue weighted by molar-refractivity contribution is 6.66. The van der Waals surface area contributed by atoms with Gasteiger partial charge in [-0.25, -0.2) is 4.99 Å². The summed E-state index contributed by atoms with van der Waals surface area (Å²) < 4.78 is 16.0. The molecule has 0 aromatic rings. The molecule has 4 unspecified atom stereocenters. The van der Waals surface area contributed by atoms with Gasteiger partial charge in [-0.15, -0.1) is 0 Å². The Morgan fingerprint density at radius 2 is 1.96 bits per heavy atom. The molecule has 0 aliphatic carbocycles. The van der Waals surface area contributed by atoms with E-state index in [1.54, 1.807) is 7.05 Å². The van der Waals surface area contributed by atoms with E-state index < -0.39 is 42.6 Å². The average molecular weight is 371 g/mol. The van der Waals surface area contributed by atoms with Crippen molar-refractivity contribution in [3.8, 4) is 0 Å². The van der Waals surface area contributed by atoms with Crippen LogP contribution < -0.4 is 11.1 Å². The molecule has 0 aromatic carbocycles. The predicted octanol–water partition coefficient (Wildman–Crippen LogP) is -1.87. The second-order valence-corrected chi connectivity index (χ2v) is 5.75. The van der Waals surface area contributed by atoms with Crippen LogP contribution in [0.1, 0.15) is 20.3 Å². The third kappa shape index (κ3) is 4.46. The summed E-state index contributed by atoms with van der Waals surface area (Å²) in [6, 6.07) is 0. The number of amidine groups is 1. The average Bonchev–Trinajstić information content (AvgIpc) is 2.54. The minimum atomic E-state index is -1.01. The lowest BCUT2D eigenvalue weighted by Crippen LogP contribution is -2.58. The minimum absolute atomic E-state index is 0.0151. The van der Waals surface area contributed by atoms with Gasteiger partial charge in [0, 0.05) is 27.3 Å². The molecule has 144 valence electrons. The number of esters is 2. The molecule has 26 heavy (non-hydrogen) atoms. The van der Waals surface area contributed by atoms with Crippen LogP contribution >= 0.6 is 0 Å². The molecular formula is C14H21N5O7. The van der Waals surface area contributed by atoms with Crippen molar-refractivity contribution in [3.05, 3.63) is 0 Å². The molecule has 2 rings (SSSR count). The Balaban J connectivity index is 2.18. The molecule has 4 atom stereocenters. The van der Waals surface area contributed by atoms with Crippen LogP contribution in [0.2, 0.25) is 0 Å². The second-order valence-electron chi connectivity index (χ2n) is 5.75.